The molecule has 0 saturated heterocycles. The molecule has 0 unspecified atom stereocenters. The van der Waals surface area contributed by atoms with Crippen LogP contribution in [0.1, 0.15) is 6.99 Å². The van der Waals surface area contributed by atoms with Crippen LogP contribution in [-0.2, 0) is 10.3 Å². The number of halogens is 1. The summed E-state index contributed by atoms with van der Waals surface area (Å²) < 4.78 is 30.6. The fourth-order valence-electron chi connectivity index (χ4n) is 0.795. The molecule has 1 aromatic carbocycles. The molecule has 0 fully saturated rings. The van der Waals surface area contributed by atoms with Gasteiger partial charge in [0.05, 0.1) is 21.8 Å². The SMILES string of the molecule is Cc1ccc(N(Br)S(=O)(=O)O)cc1.O.O.O.[H-].[Na+]. The van der Waals surface area contributed by atoms with Crippen molar-refractivity contribution < 1.29 is 60.4 Å². The maximum Gasteiger partial charge on any atom is 1.00 e. The zero-order valence-corrected chi connectivity index (χ0v) is 13.7. The predicted octanol–water partition coefficient (Wildman–Crippen LogP) is -3.44. The number of hydrogen-bond acceptors (Lipinski definition) is 2. The van der Waals surface area contributed by atoms with Gasteiger partial charge in [0.15, 0.2) is 0 Å². The second kappa shape index (κ2) is 10.2. The molecule has 10 heteroatoms. The first kappa shape index (κ1) is 26.0. The summed E-state index contributed by atoms with van der Waals surface area (Å²) in [5.74, 6) is 0. The van der Waals surface area contributed by atoms with Crippen molar-refractivity contribution in [1.29, 1.82) is 0 Å². The molecule has 0 saturated carbocycles. The average Bonchev–Trinajstić information content (AvgIpc) is 2.03. The quantitative estimate of drug-likeness (QED) is 0.337. The molecular weight excluding hydrogens is 329 g/mol. The van der Waals surface area contributed by atoms with Crippen molar-refractivity contribution in [2.45, 2.75) is 6.92 Å². The van der Waals surface area contributed by atoms with Crippen molar-refractivity contribution >= 4 is 32.1 Å². The first-order chi connectivity index (χ1) is 5.91. The zero-order chi connectivity index (χ0) is 10.1. The van der Waals surface area contributed by atoms with Crippen LogP contribution in [0.3, 0.4) is 0 Å². The van der Waals surface area contributed by atoms with Crippen molar-refractivity contribution in [2.24, 2.45) is 0 Å². The molecule has 0 spiro atoms. The zero-order valence-electron chi connectivity index (χ0n) is 10.3. The summed E-state index contributed by atoms with van der Waals surface area (Å²) >= 11 is 2.73. The third-order valence-corrected chi connectivity index (χ3v) is 3.56. The van der Waals surface area contributed by atoms with Crippen molar-refractivity contribution in [3.8, 4) is 0 Å². The number of hydrogen-bond donors (Lipinski definition) is 1. The van der Waals surface area contributed by atoms with E-state index in [-0.39, 0.29) is 47.4 Å². The average molecular weight is 344 g/mol. The molecule has 98 valence electrons. The standard InChI is InChI=1S/C7H8BrNO3S.Na.3H2O.H/c1-6-2-4-7(5-3-6)9(8)13(10,11)12;;;;;/h2-5H,1H3,(H,10,11,12);;3*1H2;/q;+1;;;;-1. The minimum Gasteiger partial charge on any atom is -1.00 e. The van der Waals surface area contributed by atoms with Crippen LogP contribution in [-0.4, -0.2) is 29.4 Å². The van der Waals surface area contributed by atoms with Gasteiger partial charge in [-0.2, -0.15) is 11.7 Å². The van der Waals surface area contributed by atoms with Crippen molar-refractivity contribution in [3.05, 3.63) is 29.8 Å². The van der Waals surface area contributed by atoms with E-state index < -0.39 is 10.3 Å². The first-order valence-electron chi connectivity index (χ1n) is 3.41. The van der Waals surface area contributed by atoms with E-state index in [9.17, 15) is 8.42 Å². The summed E-state index contributed by atoms with van der Waals surface area (Å²) in [5, 5.41) is 0. The minimum atomic E-state index is -4.22. The molecule has 0 heterocycles. The third kappa shape index (κ3) is 8.08. The molecule has 0 aliphatic carbocycles. The predicted molar refractivity (Wildman–Crippen MR) is 66.1 cm³/mol. The fraction of sp³-hybridized carbons (Fsp3) is 0.143. The molecule has 0 amide bonds. The monoisotopic (exact) mass is 343 g/mol. The van der Waals surface area contributed by atoms with Gasteiger partial charge in [-0.05, 0) is 19.1 Å². The van der Waals surface area contributed by atoms with E-state index in [1.54, 1.807) is 24.3 Å². The van der Waals surface area contributed by atoms with Crippen molar-refractivity contribution in [3.63, 3.8) is 0 Å². The van der Waals surface area contributed by atoms with Crippen LogP contribution in [0.5, 0.6) is 0 Å². The molecule has 0 aliphatic rings. The van der Waals surface area contributed by atoms with Crippen LogP contribution < -0.4 is 32.9 Å². The van der Waals surface area contributed by atoms with Crippen LogP contribution in [0.15, 0.2) is 24.3 Å². The molecule has 0 atom stereocenters. The van der Waals surface area contributed by atoms with Gasteiger partial charge in [0, 0.05) is 0 Å². The summed E-state index contributed by atoms with van der Waals surface area (Å²) in [7, 11) is -4.22. The maximum absolute atomic E-state index is 10.7. The Morgan fingerprint density at radius 1 is 1.18 bits per heavy atom. The Hall–Kier alpha value is 0.290. The molecule has 0 radical (unpaired) electrons. The molecule has 1 rings (SSSR count). The molecule has 0 aromatic heterocycles. The second-order valence-electron chi connectivity index (χ2n) is 2.53. The van der Waals surface area contributed by atoms with Gasteiger partial charge in [-0.15, -0.1) is 0 Å². The summed E-state index contributed by atoms with van der Waals surface area (Å²) in [5.41, 5.74) is 1.37. The Morgan fingerprint density at radius 2 is 1.53 bits per heavy atom. The summed E-state index contributed by atoms with van der Waals surface area (Å²) in [6.45, 7) is 1.88. The minimum absolute atomic E-state index is 0. The molecule has 17 heavy (non-hydrogen) atoms. The van der Waals surface area contributed by atoms with Gasteiger partial charge in [-0.25, -0.2) is 0 Å². The van der Waals surface area contributed by atoms with E-state index in [0.717, 1.165) is 5.56 Å². The largest absolute Gasteiger partial charge is 1.00 e. The van der Waals surface area contributed by atoms with Crippen LogP contribution in [0.25, 0.3) is 0 Å². The smallest absolute Gasteiger partial charge is 1.00 e. The van der Waals surface area contributed by atoms with Crippen LogP contribution >= 0.6 is 16.1 Å². The van der Waals surface area contributed by atoms with E-state index in [1.165, 1.54) is 0 Å². The van der Waals surface area contributed by atoms with Gasteiger partial charge in [0.1, 0.15) is 0 Å². The first-order valence-corrected chi connectivity index (χ1v) is 5.52. The molecule has 7 N–H and O–H groups in total. The van der Waals surface area contributed by atoms with E-state index in [0.29, 0.717) is 9.02 Å². The normalized spacial score (nSPS) is 8.65. The van der Waals surface area contributed by atoms with Crippen molar-refractivity contribution in [2.75, 3.05) is 3.33 Å². The number of rotatable bonds is 2. The van der Waals surface area contributed by atoms with Crippen LogP contribution in [0.4, 0.5) is 5.69 Å². The molecule has 1 aromatic rings. The van der Waals surface area contributed by atoms with Gasteiger partial charge in [-0.3, -0.25) is 4.55 Å². The molecular formula is C7H15BrNNaO6S. The summed E-state index contributed by atoms with van der Waals surface area (Å²) in [6.07, 6.45) is 0. The molecule has 0 bridgehead atoms. The van der Waals surface area contributed by atoms with Gasteiger partial charge < -0.3 is 17.9 Å². The Balaban J connectivity index is -0.000000113. The maximum atomic E-state index is 10.7. The Labute approximate surface area is 132 Å². The molecule has 7 nitrogen and oxygen atoms in total. The van der Waals surface area contributed by atoms with Gasteiger partial charge in [0.25, 0.3) is 0 Å². The summed E-state index contributed by atoms with van der Waals surface area (Å²) in [6, 6.07) is 6.65. The Kier molecular flexibility index (Phi) is 15.6. The molecule has 0 aliphatic heterocycles. The van der Waals surface area contributed by atoms with Crippen LogP contribution in [0.2, 0.25) is 0 Å². The number of anilines is 1. The topological polar surface area (TPSA) is 152 Å². The van der Waals surface area contributed by atoms with E-state index >= 15 is 0 Å². The van der Waals surface area contributed by atoms with E-state index in [4.69, 9.17) is 4.55 Å². The fourth-order valence-corrected chi connectivity index (χ4v) is 1.42. The summed E-state index contributed by atoms with van der Waals surface area (Å²) in [4.78, 5) is 0. The van der Waals surface area contributed by atoms with Gasteiger partial charge >= 0.3 is 39.9 Å². The van der Waals surface area contributed by atoms with E-state index in [1.807, 2.05) is 6.92 Å². The number of aryl methyl sites for hydroxylation is 1. The van der Waals surface area contributed by atoms with Gasteiger partial charge in [-0.1, -0.05) is 17.7 Å². The third-order valence-electron chi connectivity index (χ3n) is 1.44. The van der Waals surface area contributed by atoms with E-state index in [2.05, 4.69) is 16.1 Å². The van der Waals surface area contributed by atoms with Gasteiger partial charge in [0.2, 0.25) is 0 Å². The number of nitrogens with zero attached hydrogens (tertiary/aromatic N) is 1. The Bertz CT molecular complexity index is 403. The van der Waals surface area contributed by atoms with Crippen LogP contribution in [0, 0.1) is 6.92 Å². The second-order valence-corrected chi connectivity index (χ2v) is 4.97. The Morgan fingerprint density at radius 3 is 1.82 bits per heavy atom. The number of benzene rings is 1. The van der Waals surface area contributed by atoms with Crippen molar-refractivity contribution in [1.82, 2.24) is 0 Å².